The number of aliphatic carboxylic acids is 4. The van der Waals surface area contributed by atoms with Gasteiger partial charge in [-0.05, 0) is 82.7 Å². The summed E-state index contributed by atoms with van der Waals surface area (Å²) in [5.41, 5.74) is 22.3. The van der Waals surface area contributed by atoms with Crippen molar-refractivity contribution in [2.45, 2.75) is 172 Å². The van der Waals surface area contributed by atoms with Gasteiger partial charge in [-0.1, -0.05) is 34.1 Å². The van der Waals surface area contributed by atoms with Crippen LogP contribution in [0, 0.1) is 11.8 Å². The van der Waals surface area contributed by atoms with Crippen molar-refractivity contribution in [1.29, 1.82) is 0 Å². The van der Waals surface area contributed by atoms with E-state index in [4.69, 9.17) is 28.0 Å². The number of nitrogens with one attached hydrogen (secondary N) is 8. The molecule has 10 atom stereocenters. The Morgan fingerprint density at radius 1 is 0.564 bits per heavy atom. The van der Waals surface area contributed by atoms with Crippen LogP contribution in [-0.2, 0) is 67.1 Å². The smallest absolute Gasteiger partial charge is 0.326 e. The molecule has 1 saturated heterocycles. The lowest BCUT2D eigenvalue weighted by Crippen LogP contribution is -2.61. The number of hydrogen-bond donors (Lipinski definition) is 16. The van der Waals surface area contributed by atoms with Gasteiger partial charge in [0, 0.05) is 13.0 Å². The summed E-state index contributed by atoms with van der Waals surface area (Å²) in [4.78, 5) is 181. The second-order valence-electron chi connectivity index (χ2n) is 19.2. The number of nitrogens with zero attached hydrogens (tertiary/aromatic N) is 1. The van der Waals surface area contributed by atoms with E-state index in [9.17, 15) is 82.4 Å². The molecule has 0 radical (unpaired) electrons. The maximum absolute atomic E-state index is 14.0. The van der Waals surface area contributed by atoms with Gasteiger partial charge in [0.1, 0.15) is 48.3 Å². The number of hydrogen-bond acceptors (Lipinski definition) is 17. The molecule has 0 aromatic rings. The van der Waals surface area contributed by atoms with Gasteiger partial charge in [-0.15, -0.1) is 0 Å². The second-order valence-corrected chi connectivity index (χ2v) is 19.2. The second kappa shape index (κ2) is 35.0. The number of carbonyl (C=O) groups is 14. The lowest BCUT2D eigenvalue weighted by molar-refractivity contribution is -0.145. The van der Waals surface area contributed by atoms with E-state index in [1.54, 1.807) is 27.7 Å². The Bertz CT molecular complexity index is 2150. The molecule has 1 aliphatic rings. The number of carboxylic acids is 4. The van der Waals surface area contributed by atoms with Gasteiger partial charge in [0.15, 0.2) is 0 Å². The molecule has 0 saturated carbocycles. The molecule has 10 amide bonds. The number of rotatable bonds is 38. The average molecular weight is 1110 g/mol. The van der Waals surface area contributed by atoms with E-state index in [2.05, 4.69) is 42.5 Å². The molecule has 1 rings (SSSR count). The van der Waals surface area contributed by atoms with Crippen LogP contribution in [0.5, 0.6) is 0 Å². The number of primary amides is 1. The predicted octanol–water partition coefficient (Wildman–Crippen LogP) is -5.45. The molecular formula is C47H79N13O18. The van der Waals surface area contributed by atoms with Crippen LogP contribution < -0.4 is 65.5 Å². The zero-order valence-electron chi connectivity index (χ0n) is 44.3. The Labute approximate surface area is 449 Å². The van der Waals surface area contributed by atoms with Crippen molar-refractivity contribution in [1.82, 2.24) is 47.4 Å². The van der Waals surface area contributed by atoms with Crippen molar-refractivity contribution in [3.63, 3.8) is 0 Å². The van der Waals surface area contributed by atoms with Crippen LogP contribution in [0.25, 0.3) is 0 Å². The van der Waals surface area contributed by atoms with Gasteiger partial charge in [0.2, 0.25) is 59.1 Å². The van der Waals surface area contributed by atoms with E-state index in [0.29, 0.717) is 32.2 Å². The standard InChI is InChI=1S/C47H79N13O18/c1-5-24(4)38(59-44(74)37(23(2)3)58-39(69)25(50)14-15-34(63)64)45(75)57-28(19-32(51)61)41(71)56-29(20-35(65)66)40(70)52-22-33(62)53-30(21-36(67)68)42(72)54-26(11-6-8-16-48)46(76)60-18-10-13-31(60)43(73)55-27(47(77)78)12-7-9-17-49/h23-31,37-38H,5-22,48-50H2,1-4H3,(H2,51,61)(H,52,70)(H,53,62)(H,54,72)(H,55,73)(H,56,71)(H,57,75)(H,58,69)(H,59,74)(H,63,64)(H,65,66)(H,67,68)(H,77,78)/t24-,25-,26-,27-,28-,29-,30-,31-,37-,38-/m0/s1. The minimum atomic E-state index is -2.03. The summed E-state index contributed by atoms with van der Waals surface area (Å²) in [6.07, 6.45) is -1.51. The molecule has 1 fully saturated rings. The number of amides is 10. The van der Waals surface area contributed by atoms with E-state index in [1.807, 2.05) is 0 Å². The lowest BCUT2D eigenvalue weighted by Gasteiger charge is -2.30. The minimum absolute atomic E-state index is 0.0440. The van der Waals surface area contributed by atoms with Gasteiger partial charge in [-0.2, -0.15) is 0 Å². The van der Waals surface area contributed by atoms with Crippen LogP contribution in [0.1, 0.15) is 118 Å². The van der Waals surface area contributed by atoms with Crippen molar-refractivity contribution in [3.8, 4) is 0 Å². The van der Waals surface area contributed by atoms with E-state index in [-0.39, 0.29) is 51.6 Å². The molecule has 0 aromatic heterocycles. The fourth-order valence-electron chi connectivity index (χ4n) is 7.94. The third-order valence-electron chi connectivity index (χ3n) is 12.5. The van der Waals surface area contributed by atoms with Gasteiger partial charge >= 0.3 is 23.9 Å². The normalized spacial score (nSPS) is 16.5. The molecule has 0 unspecified atom stereocenters. The third kappa shape index (κ3) is 24.6. The summed E-state index contributed by atoms with van der Waals surface area (Å²) in [6.45, 7) is 5.79. The van der Waals surface area contributed by atoms with Crippen LogP contribution in [0.3, 0.4) is 0 Å². The van der Waals surface area contributed by atoms with Gasteiger partial charge < -0.3 is 90.8 Å². The largest absolute Gasteiger partial charge is 0.481 e. The van der Waals surface area contributed by atoms with Crippen LogP contribution in [-0.4, -0.2) is 189 Å². The minimum Gasteiger partial charge on any atom is -0.481 e. The van der Waals surface area contributed by atoms with Gasteiger partial charge in [0.05, 0.1) is 31.8 Å². The van der Waals surface area contributed by atoms with Gasteiger partial charge in [-0.3, -0.25) is 62.3 Å². The molecule has 78 heavy (non-hydrogen) atoms. The SMILES string of the molecule is CC[C@H](C)[C@H](NC(=O)[C@@H](NC(=O)[C@@H](N)CCC(=O)O)C(C)C)C(=O)N[C@@H](CC(N)=O)C(=O)N[C@@H](CC(=O)O)C(=O)NCC(=O)N[C@@H](CC(=O)O)C(=O)N[C@@H](CCCCN)C(=O)N1CCC[C@H]1C(=O)N[C@@H](CCCCN)C(=O)O. The Morgan fingerprint density at radius 3 is 1.56 bits per heavy atom. The van der Waals surface area contributed by atoms with Crippen molar-refractivity contribution in [3.05, 3.63) is 0 Å². The van der Waals surface area contributed by atoms with Crippen molar-refractivity contribution >= 4 is 82.9 Å². The van der Waals surface area contributed by atoms with E-state index in [0.717, 1.165) is 0 Å². The fourth-order valence-corrected chi connectivity index (χ4v) is 7.94. The highest BCUT2D eigenvalue weighted by molar-refractivity contribution is 6.00. The molecule has 31 heteroatoms. The van der Waals surface area contributed by atoms with Crippen molar-refractivity contribution in [2.24, 2.45) is 34.8 Å². The highest BCUT2D eigenvalue weighted by Crippen LogP contribution is 2.21. The van der Waals surface area contributed by atoms with Crippen LogP contribution in [0.2, 0.25) is 0 Å². The monoisotopic (exact) mass is 1110 g/mol. The van der Waals surface area contributed by atoms with Crippen molar-refractivity contribution in [2.75, 3.05) is 26.2 Å². The zero-order chi connectivity index (χ0) is 59.4. The summed E-state index contributed by atoms with van der Waals surface area (Å²) >= 11 is 0. The summed E-state index contributed by atoms with van der Waals surface area (Å²) in [7, 11) is 0. The predicted molar refractivity (Wildman–Crippen MR) is 272 cm³/mol. The van der Waals surface area contributed by atoms with Crippen LogP contribution in [0.4, 0.5) is 0 Å². The fraction of sp³-hybridized carbons (Fsp3) is 0.702. The number of nitrogens with two attached hydrogens (primary N) is 4. The Hall–Kier alpha value is -7.54. The average Bonchev–Trinajstić information content (AvgIpc) is 3.86. The summed E-state index contributed by atoms with van der Waals surface area (Å²) in [6, 6.07) is -13.7. The highest BCUT2D eigenvalue weighted by Gasteiger charge is 2.40. The first-order chi connectivity index (χ1) is 36.6. The Balaban J connectivity index is 3.28. The first-order valence-electron chi connectivity index (χ1n) is 25.6. The number of likely N-dealkylation sites (tertiary alicyclic amines) is 1. The molecule has 0 aromatic carbocycles. The summed E-state index contributed by atoms with van der Waals surface area (Å²) < 4.78 is 0. The van der Waals surface area contributed by atoms with Crippen LogP contribution >= 0.6 is 0 Å². The summed E-state index contributed by atoms with van der Waals surface area (Å²) in [5.74, 6) is -17.6. The molecular weight excluding hydrogens is 1030 g/mol. The maximum atomic E-state index is 14.0. The molecule has 0 bridgehead atoms. The molecule has 0 aliphatic carbocycles. The summed E-state index contributed by atoms with van der Waals surface area (Å²) in [5, 5.41) is 56.3. The Morgan fingerprint density at radius 2 is 1.06 bits per heavy atom. The van der Waals surface area contributed by atoms with E-state index in [1.165, 1.54) is 4.90 Å². The van der Waals surface area contributed by atoms with Gasteiger partial charge in [-0.25, -0.2) is 4.79 Å². The van der Waals surface area contributed by atoms with Crippen molar-refractivity contribution < 1.29 is 87.5 Å². The van der Waals surface area contributed by atoms with Gasteiger partial charge in [0.25, 0.3) is 0 Å². The molecule has 440 valence electrons. The molecule has 0 spiro atoms. The highest BCUT2D eigenvalue weighted by atomic mass is 16.4. The third-order valence-corrected chi connectivity index (χ3v) is 12.5. The zero-order valence-corrected chi connectivity index (χ0v) is 44.3. The number of carbonyl (C=O) groups excluding carboxylic acids is 10. The first-order valence-corrected chi connectivity index (χ1v) is 25.6. The lowest BCUT2D eigenvalue weighted by atomic mass is 9.95. The molecule has 1 aliphatic heterocycles. The number of carboxylic acid groups (broad SMARTS) is 4. The topological polar surface area (TPSA) is 523 Å². The maximum Gasteiger partial charge on any atom is 0.326 e. The van der Waals surface area contributed by atoms with E-state index >= 15 is 0 Å². The number of unbranched alkanes of at least 4 members (excludes halogenated alkanes) is 2. The quantitative estimate of drug-likeness (QED) is 0.0257. The van der Waals surface area contributed by atoms with Crippen LogP contribution in [0.15, 0.2) is 0 Å². The Kier molecular flexibility index (Phi) is 30.7. The molecule has 1 heterocycles. The molecule has 20 N–H and O–H groups in total. The van der Waals surface area contributed by atoms with E-state index < -0.39 is 181 Å². The first kappa shape index (κ1) is 68.5. The molecule has 31 nitrogen and oxygen atoms in total.